The number of halogens is 1. The van der Waals surface area contributed by atoms with Gasteiger partial charge < -0.3 is 21.6 Å². The Bertz CT molecular complexity index is 372. The van der Waals surface area contributed by atoms with Crippen LogP contribution in [0.3, 0.4) is 0 Å². The number of ether oxygens (including phenoxy) is 1. The van der Waals surface area contributed by atoms with Gasteiger partial charge in [-0.25, -0.2) is 4.79 Å². The first-order valence-corrected chi connectivity index (χ1v) is 12.1. The van der Waals surface area contributed by atoms with E-state index < -0.39 is 0 Å². The molecule has 0 bridgehead atoms. The lowest BCUT2D eigenvalue weighted by Gasteiger charge is -2.28. The summed E-state index contributed by atoms with van der Waals surface area (Å²) in [6.07, 6.45) is 23.0. The first kappa shape index (κ1) is 30.7. The van der Waals surface area contributed by atoms with E-state index in [1.54, 1.807) is 0 Å². The molecule has 0 aliphatic carbocycles. The molecule has 0 aromatic carbocycles. The quantitative estimate of drug-likeness (QED) is 0.118. The average Bonchev–Trinajstić information content (AvgIpc) is 2.69. The monoisotopic (exact) mass is 431 g/mol. The number of esters is 1. The van der Waals surface area contributed by atoms with Crippen molar-refractivity contribution in [3.8, 4) is 0 Å². The van der Waals surface area contributed by atoms with E-state index in [0.717, 1.165) is 6.42 Å². The van der Waals surface area contributed by atoms with Crippen LogP contribution in [-0.4, -0.2) is 44.2 Å². The molecule has 0 spiro atoms. The van der Waals surface area contributed by atoms with E-state index in [-0.39, 0.29) is 18.4 Å². The molecule has 0 saturated heterocycles. The van der Waals surface area contributed by atoms with E-state index in [4.69, 9.17) is 4.74 Å². The molecule has 0 aliphatic rings. The highest BCUT2D eigenvalue weighted by Gasteiger charge is 2.09. The number of quaternary nitrogens is 1. The average molecular weight is 432 g/mol. The molecule has 0 N–H and O–H groups in total. The molecule has 29 heavy (non-hydrogen) atoms. The van der Waals surface area contributed by atoms with Crippen LogP contribution in [0.1, 0.15) is 110 Å². The minimum Gasteiger partial charge on any atom is -1.00 e. The van der Waals surface area contributed by atoms with E-state index in [1.807, 2.05) is 0 Å². The molecule has 0 aromatic rings. The number of carbonyl (C=O) groups excluding carboxylic acids is 1. The zero-order valence-corrected chi connectivity index (χ0v) is 20.6. The summed E-state index contributed by atoms with van der Waals surface area (Å²) in [6.45, 7) is 8.80. The number of hydrogen-bond acceptors (Lipinski definition) is 2. The molecule has 0 aromatic heterocycles. The van der Waals surface area contributed by atoms with E-state index in [2.05, 4.69) is 27.6 Å². The predicted octanol–water partition coefficient (Wildman–Crippen LogP) is 4.06. The van der Waals surface area contributed by atoms with Crippen molar-refractivity contribution in [2.45, 2.75) is 110 Å². The molecular formula is C25H50ClNO2. The van der Waals surface area contributed by atoms with E-state index in [0.29, 0.717) is 6.61 Å². The van der Waals surface area contributed by atoms with Crippen molar-refractivity contribution >= 4 is 5.97 Å². The molecule has 0 aliphatic heterocycles. The van der Waals surface area contributed by atoms with Gasteiger partial charge in [0.25, 0.3) is 0 Å². The third-order valence-corrected chi connectivity index (χ3v) is 5.92. The van der Waals surface area contributed by atoms with Gasteiger partial charge in [0.1, 0.15) is 0 Å². The van der Waals surface area contributed by atoms with Crippen LogP contribution in [0.15, 0.2) is 12.7 Å². The number of hydrogen-bond donors (Lipinski definition) is 0. The summed E-state index contributed by atoms with van der Waals surface area (Å²) in [5.41, 5.74) is 0. The maximum absolute atomic E-state index is 10.9. The third kappa shape index (κ3) is 23.6. The van der Waals surface area contributed by atoms with Crippen LogP contribution in [0.5, 0.6) is 0 Å². The highest BCUT2D eigenvalue weighted by Crippen LogP contribution is 2.14. The SMILES string of the molecule is C=CC(=O)OCCCCCCCCCCCCCCCCCC[N+](C)(C)CC.[Cl-]. The Morgan fingerprint density at radius 2 is 1.07 bits per heavy atom. The molecule has 3 nitrogen and oxygen atoms in total. The highest BCUT2D eigenvalue weighted by molar-refractivity contribution is 5.81. The van der Waals surface area contributed by atoms with Gasteiger partial charge in [0, 0.05) is 6.08 Å². The lowest BCUT2D eigenvalue weighted by Crippen LogP contribution is -3.00. The number of nitrogens with zero attached hydrogens (tertiary/aromatic N) is 1. The molecule has 0 unspecified atom stereocenters. The van der Waals surface area contributed by atoms with Gasteiger partial charge in [-0.1, -0.05) is 90.0 Å². The zero-order valence-electron chi connectivity index (χ0n) is 19.9. The van der Waals surface area contributed by atoms with Crippen LogP contribution < -0.4 is 12.4 Å². The summed E-state index contributed by atoms with van der Waals surface area (Å²) in [5, 5.41) is 0. The van der Waals surface area contributed by atoms with Gasteiger partial charge in [0.05, 0.1) is 33.8 Å². The summed E-state index contributed by atoms with van der Waals surface area (Å²) in [6, 6.07) is 0. The van der Waals surface area contributed by atoms with E-state index in [9.17, 15) is 4.79 Å². The van der Waals surface area contributed by atoms with Crippen molar-refractivity contribution < 1.29 is 26.4 Å². The van der Waals surface area contributed by atoms with Crippen molar-refractivity contribution in [2.24, 2.45) is 0 Å². The number of unbranched alkanes of at least 4 members (excludes halogenated alkanes) is 15. The fraction of sp³-hybridized carbons (Fsp3) is 0.880. The fourth-order valence-corrected chi connectivity index (χ4v) is 3.51. The van der Waals surface area contributed by atoms with Crippen LogP contribution in [0.25, 0.3) is 0 Å². The normalized spacial score (nSPS) is 11.1. The Morgan fingerprint density at radius 3 is 1.41 bits per heavy atom. The zero-order chi connectivity index (χ0) is 20.9. The summed E-state index contributed by atoms with van der Waals surface area (Å²) >= 11 is 0. The molecule has 0 saturated carbocycles. The molecule has 0 fully saturated rings. The Hall–Kier alpha value is -0.540. The minimum absolute atomic E-state index is 0. The van der Waals surface area contributed by atoms with Crippen LogP contribution in [0.4, 0.5) is 0 Å². The van der Waals surface area contributed by atoms with Crippen molar-refractivity contribution in [1.29, 1.82) is 0 Å². The highest BCUT2D eigenvalue weighted by atomic mass is 35.5. The molecule has 0 amide bonds. The molecular weight excluding hydrogens is 382 g/mol. The smallest absolute Gasteiger partial charge is 0.330 e. The summed E-state index contributed by atoms with van der Waals surface area (Å²) in [4.78, 5) is 10.9. The van der Waals surface area contributed by atoms with Crippen molar-refractivity contribution in [2.75, 3.05) is 33.8 Å². The lowest BCUT2D eigenvalue weighted by atomic mass is 10.0. The van der Waals surface area contributed by atoms with E-state index in [1.165, 1.54) is 120 Å². The molecule has 0 rings (SSSR count). The first-order valence-electron chi connectivity index (χ1n) is 12.1. The van der Waals surface area contributed by atoms with Gasteiger partial charge in [-0.2, -0.15) is 0 Å². The minimum atomic E-state index is -0.300. The topological polar surface area (TPSA) is 26.3 Å². The largest absolute Gasteiger partial charge is 1.00 e. The van der Waals surface area contributed by atoms with Crippen LogP contribution in [0.2, 0.25) is 0 Å². The van der Waals surface area contributed by atoms with Crippen LogP contribution in [-0.2, 0) is 9.53 Å². The van der Waals surface area contributed by atoms with Gasteiger partial charge in [0.15, 0.2) is 0 Å². The Morgan fingerprint density at radius 1 is 0.724 bits per heavy atom. The van der Waals surface area contributed by atoms with Crippen molar-refractivity contribution in [3.63, 3.8) is 0 Å². The summed E-state index contributed by atoms with van der Waals surface area (Å²) in [7, 11) is 4.68. The maximum atomic E-state index is 10.9. The molecule has 0 atom stereocenters. The second-order valence-corrected chi connectivity index (χ2v) is 9.00. The van der Waals surface area contributed by atoms with Gasteiger partial charge in [-0.05, 0) is 26.2 Å². The predicted molar refractivity (Wildman–Crippen MR) is 123 cm³/mol. The van der Waals surface area contributed by atoms with Gasteiger partial charge in [-0.15, -0.1) is 0 Å². The molecule has 0 heterocycles. The Balaban J connectivity index is 0. The Labute approximate surface area is 188 Å². The van der Waals surface area contributed by atoms with E-state index >= 15 is 0 Å². The molecule has 4 heteroatoms. The first-order chi connectivity index (χ1) is 13.5. The Kier molecular flexibility index (Phi) is 23.4. The standard InChI is InChI=1S/C25H50NO2.ClH/c1-5-25(27)28-24-22-20-18-16-14-12-10-8-7-9-11-13-15-17-19-21-23-26(3,4)6-2;/h5H,1,6-24H2,2-4H3;1H/q+1;/p-1. The van der Waals surface area contributed by atoms with Gasteiger partial charge in [0.2, 0.25) is 0 Å². The van der Waals surface area contributed by atoms with Gasteiger partial charge >= 0.3 is 5.97 Å². The van der Waals surface area contributed by atoms with Crippen molar-refractivity contribution in [3.05, 3.63) is 12.7 Å². The second kappa shape index (κ2) is 22.2. The third-order valence-electron chi connectivity index (χ3n) is 5.92. The second-order valence-electron chi connectivity index (χ2n) is 9.00. The number of carbonyl (C=O) groups is 1. The maximum Gasteiger partial charge on any atom is 0.330 e. The fourth-order valence-electron chi connectivity index (χ4n) is 3.51. The number of rotatable bonds is 21. The van der Waals surface area contributed by atoms with Crippen molar-refractivity contribution in [1.82, 2.24) is 0 Å². The lowest BCUT2D eigenvalue weighted by molar-refractivity contribution is -0.888. The van der Waals surface area contributed by atoms with Crippen LogP contribution >= 0.6 is 0 Å². The van der Waals surface area contributed by atoms with Gasteiger partial charge in [-0.3, -0.25) is 0 Å². The molecule has 0 radical (unpaired) electrons. The molecule has 174 valence electrons. The summed E-state index contributed by atoms with van der Waals surface area (Å²) < 4.78 is 6.15. The van der Waals surface area contributed by atoms with Crippen LogP contribution in [0, 0.1) is 0 Å². The summed E-state index contributed by atoms with van der Waals surface area (Å²) in [5.74, 6) is -0.300.